The fourth-order valence-electron chi connectivity index (χ4n) is 5.34. The van der Waals surface area contributed by atoms with Crippen LogP contribution in [0.4, 0.5) is 0 Å². The zero-order valence-corrected chi connectivity index (χ0v) is 26.2. The summed E-state index contributed by atoms with van der Waals surface area (Å²) in [6.07, 6.45) is 3.76. The maximum Gasteiger partial charge on any atom is 0.303 e. The standard InChI is InChI=1S/C37H48O7/c1-3-4-5-6-7-17-24-40-37-36(42-27-32-22-15-10-16-23-32)35(41-26-31-20-13-9-14-21-31)34(44-37)33(43-29(2)38)28-39-25-30-18-11-8-12-19-30/h8-16,18-23,33-37H,3-7,17,24-28H2,1-2H3/t33-,34+,35+,36-,37?/m1/s1. The average molecular weight is 605 g/mol. The SMILES string of the molecule is CCCCCCCCOC1O[C@@H]([C@@H](COCc2ccccc2)OC(C)=O)[C@H](OCc2ccccc2)[C@H]1OCc1ccccc1. The van der Waals surface area contributed by atoms with Crippen LogP contribution in [0, 0.1) is 0 Å². The van der Waals surface area contributed by atoms with Crippen LogP contribution < -0.4 is 0 Å². The summed E-state index contributed by atoms with van der Waals surface area (Å²) in [6.45, 7) is 5.40. The van der Waals surface area contributed by atoms with Crippen molar-refractivity contribution in [1.29, 1.82) is 0 Å². The van der Waals surface area contributed by atoms with E-state index in [0.29, 0.717) is 26.4 Å². The largest absolute Gasteiger partial charge is 0.457 e. The van der Waals surface area contributed by atoms with E-state index in [2.05, 4.69) is 6.92 Å². The maximum atomic E-state index is 12.3. The molecule has 3 aromatic rings. The Labute approximate surface area is 262 Å². The molecule has 0 saturated carbocycles. The van der Waals surface area contributed by atoms with Crippen molar-refractivity contribution < 1.29 is 33.2 Å². The monoisotopic (exact) mass is 604 g/mol. The van der Waals surface area contributed by atoms with E-state index in [0.717, 1.165) is 29.5 Å². The fourth-order valence-corrected chi connectivity index (χ4v) is 5.34. The summed E-state index contributed by atoms with van der Waals surface area (Å²) in [7, 11) is 0. The highest BCUT2D eigenvalue weighted by molar-refractivity contribution is 5.66. The van der Waals surface area contributed by atoms with E-state index < -0.39 is 36.7 Å². The van der Waals surface area contributed by atoms with Crippen molar-refractivity contribution in [3.63, 3.8) is 0 Å². The molecule has 0 spiro atoms. The molecule has 0 amide bonds. The molecular formula is C37H48O7. The van der Waals surface area contributed by atoms with Crippen molar-refractivity contribution in [2.24, 2.45) is 0 Å². The number of carbonyl (C=O) groups excluding carboxylic acids is 1. The van der Waals surface area contributed by atoms with Gasteiger partial charge in [-0.15, -0.1) is 0 Å². The summed E-state index contributed by atoms with van der Waals surface area (Å²) in [6, 6.07) is 29.9. The molecule has 7 heteroatoms. The minimum absolute atomic E-state index is 0.139. The summed E-state index contributed by atoms with van der Waals surface area (Å²) in [5.74, 6) is -0.415. The van der Waals surface area contributed by atoms with Gasteiger partial charge in [-0.2, -0.15) is 0 Å². The average Bonchev–Trinajstić information content (AvgIpc) is 3.40. The van der Waals surface area contributed by atoms with E-state index >= 15 is 0 Å². The maximum absolute atomic E-state index is 12.3. The lowest BCUT2D eigenvalue weighted by atomic mass is 10.0. The highest BCUT2D eigenvalue weighted by atomic mass is 16.7. The molecule has 44 heavy (non-hydrogen) atoms. The second-order valence-corrected chi connectivity index (χ2v) is 11.3. The highest BCUT2D eigenvalue weighted by Crippen LogP contribution is 2.33. The molecule has 0 aromatic heterocycles. The van der Waals surface area contributed by atoms with Crippen LogP contribution in [0.3, 0.4) is 0 Å². The van der Waals surface area contributed by atoms with Crippen LogP contribution in [0.25, 0.3) is 0 Å². The Kier molecular flexibility index (Phi) is 14.9. The van der Waals surface area contributed by atoms with Gasteiger partial charge in [0.15, 0.2) is 12.4 Å². The Morgan fingerprint density at radius 2 is 1.20 bits per heavy atom. The van der Waals surface area contributed by atoms with Crippen LogP contribution in [0.1, 0.15) is 69.1 Å². The summed E-state index contributed by atoms with van der Waals surface area (Å²) in [4.78, 5) is 12.3. The zero-order chi connectivity index (χ0) is 30.8. The first-order chi connectivity index (χ1) is 21.6. The van der Waals surface area contributed by atoms with Gasteiger partial charge in [0.2, 0.25) is 0 Å². The molecule has 1 aliphatic heterocycles. The van der Waals surface area contributed by atoms with E-state index in [-0.39, 0.29) is 6.61 Å². The molecule has 1 heterocycles. The predicted octanol–water partition coefficient (Wildman–Crippen LogP) is 7.41. The smallest absolute Gasteiger partial charge is 0.303 e. The van der Waals surface area contributed by atoms with Gasteiger partial charge in [-0.25, -0.2) is 0 Å². The van der Waals surface area contributed by atoms with Crippen molar-refractivity contribution in [2.45, 2.75) is 103 Å². The van der Waals surface area contributed by atoms with Crippen LogP contribution in [-0.2, 0) is 53.0 Å². The number of esters is 1. The Morgan fingerprint density at radius 3 is 1.77 bits per heavy atom. The first kappa shape index (κ1) is 33.8. The number of benzene rings is 3. The number of rotatable bonds is 20. The predicted molar refractivity (Wildman–Crippen MR) is 170 cm³/mol. The quantitative estimate of drug-likeness (QED) is 0.0982. The number of hydrogen-bond donors (Lipinski definition) is 0. The Bertz CT molecular complexity index is 1170. The van der Waals surface area contributed by atoms with Gasteiger partial charge in [0.05, 0.1) is 26.4 Å². The molecule has 0 aliphatic carbocycles. The first-order valence-corrected chi connectivity index (χ1v) is 16.0. The van der Waals surface area contributed by atoms with Gasteiger partial charge in [-0.1, -0.05) is 130 Å². The van der Waals surface area contributed by atoms with Crippen LogP contribution >= 0.6 is 0 Å². The molecule has 0 N–H and O–H groups in total. The van der Waals surface area contributed by atoms with E-state index in [1.807, 2.05) is 91.0 Å². The lowest BCUT2D eigenvalue weighted by Crippen LogP contribution is -2.45. The molecule has 4 rings (SSSR count). The molecule has 1 saturated heterocycles. The molecule has 0 bridgehead atoms. The van der Waals surface area contributed by atoms with Crippen LogP contribution in [0.5, 0.6) is 0 Å². The first-order valence-electron chi connectivity index (χ1n) is 16.0. The zero-order valence-electron chi connectivity index (χ0n) is 26.2. The summed E-state index contributed by atoms with van der Waals surface area (Å²) >= 11 is 0. The molecule has 1 unspecified atom stereocenters. The molecule has 238 valence electrons. The third-order valence-electron chi connectivity index (χ3n) is 7.64. The van der Waals surface area contributed by atoms with Crippen LogP contribution in [-0.4, -0.2) is 49.9 Å². The Hall–Kier alpha value is -3.07. The van der Waals surface area contributed by atoms with Gasteiger partial charge < -0.3 is 28.4 Å². The van der Waals surface area contributed by atoms with Crippen molar-refractivity contribution in [1.82, 2.24) is 0 Å². The lowest BCUT2D eigenvalue weighted by molar-refractivity contribution is -0.199. The van der Waals surface area contributed by atoms with Crippen molar-refractivity contribution in [3.05, 3.63) is 108 Å². The minimum atomic E-state index is -0.720. The Morgan fingerprint density at radius 1 is 0.682 bits per heavy atom. The number of hydrogen-bond acceptors (Lipinski definition) is 7. The van der Waals surface area contributed by atoms with E-state index in [9.17, 15) is 4.79 Å². The van der Waals surface area contributed by atoms with Crippen LogP contribution in [0.2, 0.25) is 0 Å². The normalized spacial score (nSPS) is 20.4. The highest BCUT2D eigenvalue weighted by Gasteiger charge is 2.51. The van der Waals surface area contributed by atoms with E-state index in [1.54, 1.807) is 0 Å². The van der Waals surface area contributed by atoms with E-state index in [1.165, 1.54) is 32.6 Å². The second kappa shape index (κ2) is 19.3. The molecule has 5 atom stereocenters. The van der Waals surface area contributed by atoms with Gasteiger partial charge in [0.25, 0.3) is 0 Å². The summed E-state index contributed by atoms with van der Waals surface area (Å²) in [5, 5.41) is 0. The van der Waals surface area contributed by atoms with Gasteiger partial charge in [0, 0.05) is 13.5 Å². The third-order valence-corrected chi connectivity index (χ3v) is 7.64. The summed E-state index contributed by atoms with van der Waals surface area (Å²) in [5.41, 5.74) is 3.09. The van der Waals surface area contributed by atoms with Gasteiger partial charge in [0.1, 0.15) is 18.3 Å². The minimum Gasteiger partial charge on any atom is -0.457 e. The van der Waals surface area contributed by atoms with Crippen molar-refractivity contribution in [3.8, 4) is 0 Å². The van der Waals surface area contributed by atoms with E-state index in [4.69, 9.17) is 28.4 Å². The van der Waals surface area contributed by atoms with Gasteiger partial charge in [-0.05, 0) is 23.1 Å². The fraction of sp³-hybridized carbons (Fsp3) is 0.486. The topological polar surface area (TPSA) is 72.5 Å². The van der Waals surface area contributed by atoms with Crippen LogP contribution in [0.15, 0.2) is 91.0 Å². The Balaban J connectivity index is 1.51. The molecule has 3 aromatic carbocycles. The lowest BCUT2D eigenvalue weighted by Gasteiger charge is -2.28. The number of ether oxygens (including phenoxy) is 6. The molecule has 0 radical (unpaired) electrons. The van der Waals surface area contributed by atoms with Crippen molar-refractivity contribution >= 4 is 5.97 Å². The summed E-state index contributed by atoms with van der Waals surface area (Å²) < 4.78 is 37.8. The number of unbranched alkanes of at least 4 members (excludes halogenated alkanes) is 5. The molecule has 7 nitrogen and oxygen atoms in total. The number of carbonyl (C=O) groups is 1. The molecule has 1 fully saturated rings. The molecule has 1 aliphatic rings. The van der Waals surface area contributed by atoms with Crippen molar-refractivity contribution in [2.75, 3.05) is 13.2 Å². The third kappa shape index (κ3) is 11.5. The van der Waals surface area contributed by atoms with Gasteiger partial charge in [-0.3, -0.25) is 4.79 Å². The second-order valence-electron chi connectivity index (χ2n) is 11.3. The molecular weight excluding hydrogens is 556 g/mol. The van der Waals surface area contributed by atoms with Gasteiger partial charge >= 0.3 is 5.97 Å².